The second-order valence-corrected chi connectivity index (χ2v) is 5.68. The molecule has 3 unspecified atom stereocenters. The standard InChI is InChI=1S/C15H19F2N/c16-12-5-7-14(17)11(8-12)9-13-6-4-10-2-1-3-15(10)18-13/h5,7-8,10,13,15,18H,1-4,6,9H2. The highest BCUT2D eigenvalue weighted by molar-refractivity contribution is 5.20. The molecule has 0 bridgehead atoms. The Kier molecular flexibility index (Phi) is 3.33. The van der Waals surface area contributed by atoms with Crippen molar-refractivity contribution >= 4 is 0 Å². The van der Waals surface area contributed by atoms with Crippen LogP contribution >= 0.6 is 0 Å². The number of fused-ring (bicyclic) bond motifs is 1. The van der Waals surface area contributed by atoms with E-state index in [2.05, 4.69) is 5.32 Å². The predicted octanol–water partition coefficient (Wildman–Crippen LogP) is 3.43. The van der Waals surface area contributed by atoms with E-state index in [0.717, 1.165) is 12.3 Å². The summed E-state index contributed by atoms with van der Waals surface area (Å²) in [6.07, 6.45) is 6.80. The third-order valence-corrected chi connectivity index (χ3v) is 4.47. The van der Waals surface area contributed by atoms with E-state index in [0.29, 0.717) is 24.1 Å². The van der Waals surface area contributed by atoms with E-state index in [1.54, 1.807) is 0 Å². The Hall–Kier alpha value is -0.960. The van der Waals surface area contributed by atoms with Gasteiger partial charge in [-0.05, 0) is 61.8 Å². The number of hydrogen-bond acceptors (Lipinski definition) is 1. The van der Waals surface area contributed by atoms with Gasteiger partial charge in [-0.1, -0.05) is 6.42 Å². The Morgan fingerprint density at radius 2 is 2.00 bits per heavy atom. The van der Waals surface area contributed by atoms with Crippen molar-refractivity contribution in [3.63, 3.8) is 0 Å². The fourth-order valence-electron chi connectivity index (χ4n) is 3.53. The molecule has 3 rings (SSSR count). The lowest BCUT2D eigenvalue weighted by Gasteiger charge is -2.33. The number of nitrogens with one attached hydrogen (secondary N) is 1. The second kappa shape index (κ2) is 4.96. The Labute approximate surface area is 107 Å². The first-order valence-corrected chi connectivity index (χ1v) is 6.92. The van der Waals surface area contributed by atoms with Crippen molar-refractivity contribution in [1.29, 1.82) is 0 Å². The van der Waals surface area contributed by atoms with Gasteiger partial charge in [0.2, 0.25) is 0 Å². The summed E-state index contributed by atoms with van der Waals surface area (Å²) in [5, 5.41) is 3.62. The Bertz CT molecular complexity index is 433. The predicted molar refractivity (Wildman–Crippen MR) is 67.3 cm³/mol. The molecule has 2 fully saturated rings. The molecule has 0 spiro atoms. The van der Waals surface area contributed by atoms with Crippen molar-refractivity contribution in [3.05, 3.63) is 35.4 Å². The smallest absolute Gasteiger partial charge is 0.126 e. The van der Waals surface area contributed by atoms with Crippen molar-refractivity contribution in [2.75, 3.05) is 0 Å². The van der Waals surface area contributed by atoms with E-state index < -0.39 is 0 Å². The van der Waals surface area contributed by atoms with Crippen LogP contribution in [0.1, 0.15) is 37.7 Å². The van der Waals surface area contributed by atoms with E-state index in [9.17, 15) is 8.78 Å². The van der Waals surface area contributed by atoms with Gasteiger partial charge in [0.15, 0.2) is 0 Å². The molecule has 2 aliphatic rings. The monoisotopic (exact) mass is 251 g/mol. The molecule has 1 aromatic carbocycles. The van der Waals surface area contributed by atoms with E-state index in [1.807, 2.05) is 0 Å². The maximum Gasteiger partial charge on any atom is 0.126 e. The Morgan fingerprint density at radius 1 is 1.11 bits per heavy atom. The normalized spacial score (nSPS) is 31.3. The molecule has 3 heteroatoms. The minimum absolute atomic E-state index is 0.285. The van der Waals surface area contributed by atoms with Crippen LogP contribution in [-0.2, 0) is 6.42 Å². The minimum Gasteiger partial charge on any atom is -0.311 e. The summed E-state index contributed by atoms with van der Waals surface area (Å²) in [7, 11) is 0. The SMILES string of the molecule is Fc1ccc(F)c(CC2CCC3CCCC3N2)c1. The fraction of sp³-hybridized carbons (Fsp3) is 0.600. The van der Waals surface area contributed by atoms with Gasteiger partial charge in [-0.25, -0.2) is 8.78 Å². The van der Waals surface area contributed by atoms with Gasteiger partial charge < -0.3 is 5.32 Å². The van der Waals surface area contributed by atoms with Crippen LogP contribution in [-0.4, -0.2) is 12.1 Å². The molecule has 0 radical (unpaired) electrons. The minimum atomic E-state index is -0.346. The highest BCUT2D eigenvalue weighted by Crippen LogP contribution is 2.34. The zero-order chi connectivity index (χ0) is 12.5. The van der Waals surface area contributed by atoms with Crippen LogP contribution < -0.4 is 5.32 Å². The van der Waals surface area contributed by atoms with E-state index in [-0.39, 0.29) is 11.6 Å². The zero-order valence-electron chi connectivity index (χ0n) is 10.5. The summed E-state index contributed by atoms with van der Waals surface area (Å²) >= 11 is 0. The molecule has 1 saturated heterocycles. The molecule has 18 heavy (non-hydrogen) atoms. The van der Waals surface area contributed by atoms with Crippen molar-refractivity contribution in [3.8, 4) is 0 Å². The molecule has 98 valence electrons. The summed E-state index contributed by atoms with van der Waals surface area (Å²) < 4.78 is 26.7. The molecular weight excluding hydrogens is 232 g/mol. The van der Waals surface area contributed by atoms with Gasteiger partial charge in [0.1, 0.15) is 11.6 Å². The summed E-state index contributed by atoms with van der Waals surface area (Å²) in [6, 6.07) is 4.66. The van der Waals surface area contributed by atoms with Gasteiger partial charge in [0.05, 0.1) is 0 Å². The molecule has 1 nitrogen and oxygen atoms in total. The number of hydrogen-bond donors (Lipinski definition) is 1. The van der Waals surface area contributed by atoms with Crippen LogP contribution in [0.4, 0.5) is 8.78 Å². The third-order valence-electron chi connectivity index (χ3n) is 4.47. The van der Waals surface area contributed by atoms with Crippen molar-refractivity contribution in [2.45, 2.75) is 50.6 Å². The molecule has 1 heterocycles. The van der Waals surface area contributed by atoms with E-state index >= 15 is 0 Å². The van der Waals surface area contributed by atoms with Gasteiger partial charge in [0, 0.05) is 12.1 Å². The van der Waals surface area contributed by atoms with Gasteiger partial charge in [-0.2, -0.15) is 0 Å². The Balaban J connectivity index is 1.67. The molecule has 1 aliphatic carbocycles. The van der Waals surface area contributed by atoms with Crippen molar-refractivity contribution < 1.29 is 8.78 Å². The highest BCUT2D eigenvalue weighted by atomic mass is 19.1. The summed E-state index contributed by atoms with van der Waals surface area (Å²) in [6.45, 7) is 0. The van der Waals surface area contributed by atoms with Crippen LogP contribution in [0, 0.1) is 17.6 Å². The Morgan fingerprint density at radius 3 is 2.89 bits per heavy atom. The largest absolute Gasteiger partial charge is 0.311 e. The van der Waals surface area contributed by atoms with E-state index in [1.165, 1.54) is 43.9 Å². The maximum absolute atomic E-state index is 13.6. The molecule has 0 amide bonds. The molecule has 1 N–H and O–H groups in total. The lowest BCUT2D eigenvalue weighted by atomic mass is 9.87. The van der Waals surface area contributed by atoms with Gasteiger partial charge >= 0.3 is 0 Å². The molecule has 1 saturated carbocycles. The van der Waals surface area contributed by atoms with Gasteiger partial charge in [-0.3, -0.25) is 0 Å². The first kappa shape index (κ1) is 12.1. The molecule has 0 aromatic heterocycles. The number of piperidine rings is 1. The summed E-state index contributed by atoms with van der Waals surface area (Å²) in [4.78, 5) is 0. The van der Waals surface area contributed by atoms with E-state index in [4.69, 9.17) is 0 Å². The maximum atomic E-state index is 13.6. The number of benzene rings is 1. The lowest BCUT2D eigenvalue weighted by molar-refractivity contribution is 0.256. The first-order chi connectivity index (χ1) is 8.72. The summed E-state index contributed by atoms with van der Waals surface area (Å²) in [5.41, 5.74) is 0.504. The van der Waals surface area contributed by atoms with Gasteiger partial charge in [0.25, 0.3) is 0 Å². The topological polar surface area (TPSA) is 12.0 Å². The summed E-state index contributed by atoms with van der Waals surface area (Å²) in [5.74, 6) is 0.186. The van der Waals surface area contributed by atoms with Crippen LogP contribution in [0.2, 0.25) is 0 Å². The van der Waals surface area contributed by atoms with Crippen molar-refractivity contribution in [1.82, 2.24) is 5.32 Å². The third kappa shape index (κ3) is 2.41. The van der Waals surface area contributed by atoms with Crippen LogP contribution in [0.25, 0.3) is 0 Å². The molecule has 3 atom stereocenters. The number of rotatable bonds is 2. The molecule has 1 aliphatic heterocycles. The molecule has 1 aromatic rings. The fourth-order valence-corrected chi connectivity index (χ4v) is 3.53. The zero-order valence-corrected chi connectivity index (χ0v) is 10.5. The van der Waals surface area contributed by atoms with Crippen LogP contribution in [0.15, 0.2) is 18.2 Å². The van der Waals surface area contributed by atoms with Crippen LogP contribution in [0.3, 0.4) is 0 Å². The van der Waals surface area contributed by atoms with Gasteiger partial charge in [-0.15, -0.1) is 0 Å². The number of halogens is 2. The second-order valence-electron chi connectivity index (χ2n) is 5.68. The van der Waals surface area contributed by atoms with Crippen LogP contribution in [0.5, 0.6) is 0 Å². The molecular formula is C15H19F2N. The highest BCUT2D eigenvalue weighted by Gasteiger charge is 2.33. The quantitative estimate of drug-likeness (QED) is 0.849. The average molecular weight is 251 g/mol. The van der Waals surface area contributed by atoms with Crippen molar-refractivity contribution in [2.24, 2.45) is 5.92 Å². The lowest BCUT2D eigenvalue weighted by Crippen LogP contribution is -2.46. The first-order valence-electron chi connectivity index (χ1n) is 6.92. The average Bonchev–Trinajstić information content (AvgIpc) is 2.81.